The van der Waals surface area contributed by atoms with Gasteiger partial charge < -0.3 is 0 Å². The Morgan fingerprint density at radius 3 is 2.52 bits per heavy atom. The van der Waals surface area contributed by atoms with Gasteiger partial charge in [0.15, 0.2) is 0 Å². The lowest BCUT2D eigenvalue weighted by Crippen LogP contribution is -1.98. The van der Waals surface area contributed by atoms with Gasteiger partial charge in [-0.3, -0.25) is 4.99 Å². The number of allylic oxidation sites excluding steroid dienone is 2. The second kappa shape index (κ2) is 6.95. The van der Waals surface area contributed by atoms with Gasteiger partial charge in [-0.05, 0) is 58.7 Å². The van der Waals surface area contributed by atoms with Crippen LogP contribution in [0.1, 0.15) is 43.9 Å². The van der Waals surface area contributed by atoms with Crippen molar-refractivity contribution in [3.05, 3.63) is 65.2 Å². The Morgan fingerprint density at radius 1 is 1.04 bits per heavy atom. The monoisotopic (exact) mass is 303 g/mol. The zero-order valence-electron chi connectivity index (χ0n) is 14.3. The van der Waals surface area contributed by atoms with Crippen molar-refractivity contribution in [2.45, 2.75) is 40.0 Å². The Kier molecular flexibility index (Phi) is 4.76. The van der Waals surface area contributed by atoms with Crippen LogP contribution in [0.5, 0.6) is 0 Å². The summed E-state index contributed by atoms with van der Waals surface area (Å²) in [5.41, 5.74) is 8.24. The second-order valence-electron chi connectivity index (χ2n) is 6.64. The van der Waals surface area contributed by atoms with Crippen molar-refractivity contribution in [3.63, 3.8) is 0 Å². The van der Waals surface area contributed by atoms with Crippen LogP contribution in [0.3, 0.4) is 0 Å². The summed E-state index contributed by atoms with van der Waals surface area (Å²) in [4.78, 5) is 4.68. The maximum absolute atomic E-state index is 4.68. The summed E-state index contributed by atoms with van der Waals surface area (Å²) >= 11 is 0. The number of aliphatic imine (C=N–C) groups is 1. The zero-order chi connectivity index (χ0) is 16.2. The number of rotatable bonds is 5. The molecular weight excluding hydrogens is 278 g/mol. The quantitative estimate of drug-likeness (QED) is 0.503. The average Bonchev–Trinajstić information content (AvgIpc) is 2.92. The number of hydrogen-bond donors (Lipinski definition) is 0. The fourth-order valence-electron chi connectivity index (χ4n) is 3.36. The highest BCUT2D eigenvalue weighted by Crippen LogP contribution is 2.42. The summed E-state index contributed by atoms with van der Waals surface area (Å²) < 4.78 is 0. The van der Waals surface area contributed by atoms with E-state index in [0.29, 0.717) is 5.92 Å². The van der Waals surface area contributed by atoms with Gasteiger partial charge in [0.05, 0.1) is 5.69 Å². The number of fused-ring (bicyclic) bond motifs is 3. The molecule has 0 heterocycles. The van der Waals surface area contributed by atoms with E-state index in [0.717, 1.165) is 24.9 Å². The first-order valence-corrected chi connectivity index (χ1v) is 8.63. The SMILES string of the molecule is CC/C=C\C=Nc1cccc2c1Cc1c(CC(C)C)cccc1-2. The molecular formula is C22H25N. The standard InChI is InChI=1S/C22H25N/c1-4-5-6-13-23-22-12-8-11-19-18-10-7-9-17(14-16(2)3)20(18)15-21(19)22/h5-13,16H,4,14-15H2,1-3H3/b6-5-,23-13?. The molecule has 0 bridgehead atoms. The summed E-state index contributed by atoms with van der Waals surface area (Å²) in [6.07, 6.45) is 9.28. The van der Waals surface area contributed by atoms with Gasteiger partial charge >= 0.3 is 0 Å². The van der Waals surface area contributed by atoms with Crippen molar-refractivity contribution >= 4 is 11.9 Å². The van der Waals surface area contributed by atoms with E-state index in [1.165, 1.54) is 27.8 Å². The number of nitrogens with zero attached hydrogens (tertiary/aromatic N) is 1. The molecule has 0 saturated carbocycles. The van der Waals surface area contributed by atoms with Crippen LogP contribution in [0.25, 0.3) is 11.1 Å². The van der Waals surface area contributed by atoms with Gasteiger partial charge in [-0.15, -0.1) is 0 Å². The lowest BCUT2D eigenvalue weighted by atomic mass is 9.95. The minimum Gasteiger partial charge on any atom is -0.257 e. The van der Waals surface area contributed by atoms with E-state index in [-0.39, 0.29) is 0 Å². The molecule has 0 aliphatic heterocycles. The molecule has 0 unspecified atom stereocenters. The van der Waals surface area contributed by atoms with Gasteiger partial charge in [0.2, 0.25) is 0 Å². The summed E-state index contributed by atoms with van der Waals surface area (Å²) in [6, 6.07) is 13.2. The third-order valence-electron chi connectivity index (χ3n) is 4.37. The highest BCUT2D eigenvalue weighted by atomic mass is 14.7. The van der Waals surface area contributed by atoms with Crippen LogP contribution in [-0.4, -0.2) is 6.21 Å². The molecule has 0 spiro atoms. The maximum atomic E-state index is 4.68. The minimum atomic E-state index is 0.682. The van der Waals surface area contributed by atoms with E-state index in [2.05, 4.69) is 68.2 Å². The highest BCUT2D eigenvalue weighted by molar-refractivity contribution is 5.84. The van der Waals surface area contributed by atoms with Crippen LogP contribution in [0, 0.1) is 5.92 Å². The van der Waals surface area contributed by atoms with E-state index in [1.807, 2.05) is 12.3 Å². The van der Waals surface area contributed by atoms with E-state index < -0.39 is 0 Å². The number of benzene rings is 2. The molecule has 3 rings (SSSR count). The van der Waals surface area contributed by atoms with Crippen molar-refractivity contribution < 1.29 is 0 Å². The Balaban J connectivity index is 1.98. The summed E-state index contributed by atoms with van der Waals surface area (Å²) in [5, 5.41) is 0. The predicted molar refractivity (Wildman–Crippen MR) is 101 cm³/mol. The Labute approximate surface area is 139 Å². The molecule has 2 aromatic carbocycles. The van der Waals surface area contributed by atoms with Crippen molar-refractivity contribution in [2.75, 3.05) is 0 Å². The fraction of sp³-hybridized carbons (Fsp3) is 0.318. The first-order chi connectivity index (χ1) is 11.2. The Morgan fingerprint density at radius 2 is 1.78 bits per heavy atom. The molecule has 118 valence electrons. The molecule has 1 aliphatic rings. The molecule has 0 aromatic heterocycles. The fourth-order valence-corrected chi connectivity index (χ4v) is 3.36. The third-order valence-corrected chi connectivity index (χ3v) is 4.37. The molecule has 1 nitrogen and oxygen atoms in total. The molecule has 1 heteroatoms. The molecule has 0 atom stereocenters. The van der Waals surface area contributed by atoms with Gasteiger partial charge in [-0.25, -0.2) is 0 Å². The Hall–Kier alpha value is -2.15. The van der Waals surface area contributed by atoms with E-state index >= 15 is 0 Å². The second-order valence-corrected chi connectivity index (χ2v) is 6.64. The molecule has 0 radical (unpaired) electrons. The largest absolute Gasteiger partial charge is 0.257 e. The number of hydrogen-bond acceptors (Lipinski definition) is 1. The van der Waals surface area contributed by atoms with Crippen LogP contribution in [0.2, 0.25) is 0 Å². The van der Waals surface area contributed by atoms with Crippen LogP contribution >= 0.6 is 0 Å². The Bertz CT molecular complexity index is 751. The van der Waals surface area contributed by atoms with Crippen LogP contribution in [-0.2, 0) is 12.8 Å². The minimum absolute atomic E-state index is 0.682. The van der Waals surface area contributed by atoms with Crippen molar-refractivity contribution in [2.24, 2.45) is 10.9 Å². The molecule has 0 saturated heterocycles. The lowest BCUT2D eigenvalue weighted by molar-refractivity contribution is 0.644. The summed E-state index contributed by atoms with van der Waals surface area (Å²) in [7, 11) is 0. The van der Waals surface area contributed by atoms with Gasteiger partial charge in [-0.2, -0.15) is 0 Å². The molecule has 0 N–H and O–H groups in total. The molecule has 0 fully saturated rings. The lowest BCUT2D eigenvalue weighted by Gasteiger charge is -2.10. The third kappa shape index (κ3) is 3.29. The predicted octanol–water partition coefficient (Wildman–Crippen LogP) is 6.12. The van der Waals surface area contributed by atoms with Crippen molar-refractivity contribution in [3.8, 4) is 11.1 Å². The highest BCUT2D eigenvalue weighted by Gasteiger charge is 2.23. The zero-order valence-corrected chi connectivity index (χ0v) is 14.3. The van der Waals surface area contributed by atoms with Gasteiger partial charge in [0.25, 0.3) is 0 Å². The summed E-state index contributed by atoms with van der Waals surface area (Å²) in [6.45, 7) is 6.71. The first kappa shape index (κ1) is 15.7. The normalized spacial score (nSPS) is 13.2. The molecule has 23 heavy (non-hydrogen) atoms. The first-order valence-electron chi connectivity index (χ1n) is 8.63. The van der Waals surface area contributed by atoms with E-state index in [4.69, 9.17) is 0 Å². The molecule has 1 aliphatic carbocycles. The maximum Gasteiger partial charge on any atom is 0.0671 e. The van der Waals surface area contributed by atoms with E-state index in [9.17, 15) is 0 Å². The smallest absolute Gasteiger partial charge is 0.0671 e. The van der Waals surface area contributed by atoms with Crippen molar-refractivity contribution in [1.29, 1.82) is 0 Å². The average molecular weight is 303 g/mol. The molecule has 2 aromatic rings. The van der Waals surface area contributed by atoms with Gasteiger partial charge in [-0.1, -0.05) is 57.2 Å². The topological polar surface area (TPSA) is 12.4 Å². The van der Waals surface area contributed by atoms with Gasteiger partial charge in [0, 0.05) is 12.6 Å². The van der Waals surface area contributed by atoms with Crippen LogP contribution in [0.15, 0.2) is 53.5 Å². The van der Waals surface area contributed by atoms with Gasteiger partial charge in [0.1, 0.15) is 0 Å². The van der Waals surface area contributed by atoms with Crippen molar-refractivity contribution in [1.82, 2.24) is 0 Å². The summed E-state index contributed by atoms with van der Waals surface area (Å²) in [5.74, 6) is 0.682. The molecule has 0 amide bonds. The van der Waals surface area contributed by atoms with Crippen LogP contribution in [0.4, 0.5) is 5.69 Å². The van der Waals surface area contributed by atoms with E-state index in [1.54, 1.807) is 0 Å². The van der Waals surface area contributed by atoms with Crippen LogP contribution < -0.4 is 0 Å².